The van der Waals surface area contributed by atoms with Crippen LogP contribution in [0.5, 0.6) is 0 Å². The Bertz CT molecular complexity index is 610. The van der Waals surface area contributed by atoms with Gasteiger partial charge in [-0.25, -0.2) is 4.98 Å². The molecule has 114 valence electrons. The van der Waals surface area contributed by atoms with E-state index in [1.807, 2.05) is 12.1 Å². The van der Waals surface area contributed by atoms with Crippen molar-refractivity contribution in [3.8, 4) is 0 Å². The molecule has 2 heterocycles. The first kappa shape index (κ1) is 15.7. The van der Waals surface area contributed by atoms with E-state index in [1.54, 1.807) is 48.7 Å². The average Bonchev–Trinajstić information content (AvgIpc) is 2.58. The Kier molecular flexibility index (Phi) is 5.65. The summed E-state index contributed by atoms with van der Waals surface area (Å²) in [6, 6.07) is 7.50. The predicted octanol–water partition coefficient (Wildman–Crippen LogP) is 2.39. The van der Waals surface area contributed by atoms with Gasteiger partial charge in [-0.3, -0.25) is 9.78 Å². The third kappa shape index (κ3) is 4.41. The van der Waals surface area contributed by atoms with Gasteiger partial charge in [-0.1, -0.05) is 6.08 Å². The number of anilines is 1. The number of aromatic nitrogens is 2. The van der Waals surface area contributed by atoms with E-state index in [-0.39, 0.29) is 5.91 Å². The molecule has 0 aliphatic heterocycles. The van der Waals surface area contributed by atoms with Crippen molar-refractivity contribution in [2.75, 3.05) is 25.5 Å². The molecule has 0 aliphatic carbocycles. The lowest BCUT2D eigenvalue weighted by Crippen LogP contribution is -2.29. The van der Waals surface area contributed by atoms with Gasteiger partial charge >= 0.3 is 0 Å². The van der Waals surface area contributed by atoms with Crippen LogP contribution in [0.15, 0.2) is 55.5 Å². The molecule has 5 nitrogen and oxygen atoms in total. The topological polar surface area (TPSA) is 58.1 Å². The number of nitrogens with zero attached hydrogens (tertiary/aromatic N) is 3. The zero-order valence-electron chi connectivity index (χ0n) is 12.7. The summed E-state index contributed by atoms with van der Waals surface area (Å²) in [6.45, 7) is 4.93. The summed E-state index contributed by atoms with van der Waals surface area (Å²) < 4.78 is 0. The van der Waals surface area contributed by atoms with Crippen molar-refractivity contribution in [1.29, 1.82) is 0 Å². The van der Waals surface area contributed by atoms with Crippen LogP contribution in [0.1, 0.15) is 15.9 Å². The molecule has 22 heavy (non-hydrogen) atoms. The number of carbonyl (C=O) groups is 1. The lowest BCUT2D eigenvalue weighted by atomic mass is 10.2. The number of amides is 1. The molecule has 0 saturated carbocycles. The summed E-state index contributed by atoms with van der Waals surface area (Å²) in [5, 5.41) is 3.08. The van der Waals surface area contributed by atoms with Crippen LogP contribution in [0.2, 0.25) is 0 Å². The summed E-state index contributed by atoms with van der Waals surface area (Å²) in [4.78, 5) is 22.2. The Morgan fingerprint density at radius 1 is 1.32 bits per heavy atom. The van der Waals surface area contributed by atoms with E-state index < -0.39 is 0 Å². The van der Waals surface area contributed by atoms with Crippen LogP contribution in [0.3, 0.4) is 0 Å². The molecule has 1 amide bonds. The van der Waals surface area contributed by atoms with Gasteiger partial charge in [0.2, 0.25) is 0 Å². The van der Waals surface area contributed by atoms with E-state index in [0.717, 1.165) is 17.8 Å². The van der Waals surface area contributed by atoms with Crippen molar-refractivity contribution in [2.45, 2.75) is 6.42 Å². The van der Waals surface area contributed by atoms with Gasteiger partial charge in [0.15, 0.2) is 0 Å². The molecule has 0 spiro atoms. The Labute approximate surface area is 130 Å². The van der Waals surface area contributed by atoms with Crippen LogP contribution >= 0.6 is 0 Å². The van der Waals surface area contributed by atoms with Crippen LogP contribution in [-0.4, -0.2) is 40.9 Å². The van der Waals surface area contributed by atoms with Crippen molar-refractivity contribution in [3.05, 3.63) is 66.6 Å². The zero-order chi connectivity index (χ0) is 15.8. The summed E-state index contributed by atoms with van der Waals surface area (Å²) in [5.41, 5.74) is 1.75. The first-order chi connectivity index (χ1) is 10.7. The molecule has 2 aromatic rings. The molecule has 0 bridgehead atoms. The van der Waals surface area contributed by atoms with Crippen molar-refractivity contribution in [2.24, 2.45) is 0 Å². The lowest BCUT2D eigenvalue weighted by molar-refractivity contribution is 0.0796. The van der Waals surface area contributed by atoms with Gasteiger partial charge in [-0.05, 0) is 36.2 Å². The Morgan fingerprint density at radius 3 is 2.73 bits per heavy atom. The monoisotopic (exact) mass is 296 g/mol. The average molecular weight is 296 g/mol. The normalized spacial score (nSPS) is 10.0. The van der Waals surface area contributed by atoms with E-state index >= 15 is 0 Å². The molecule has 2 aromatic heterocycles. The van der Waals surface area contributed by atoms with E-state index in [0.29, 0.717) is 18.7 Å². The maximum atomic E-state index is 12.3. The molecule has 0 aromatic carbocycles. The summed E-state index contributed by atoms with van der Waals surface area (Å²) in [5.74, 6) is 0.702. The Balaban J connectivity index is 1.91. The van der Waals surface area contributed by atoms with Crippen molar-refractivity contribution < 1.29 is 4.79 Å². The molecule has 0 unspecified atom stereocenters. The number of likely N-dealkylation sites (N-methyl/N-ethyl adjacent to an activating group) is 1. The quantitative estimate of drug-likeness (QED) is 0.797. The van der Waals surface area contributed by atoms with E-state index in [9.17, 15) is 4.79 Å². The minimum absolute atomic E-state index is 0.0307. The van der Waals surface area contributed by atoms with Gasteiger partial charge in [0.25, 0.3) is 5.91 Å². The molecule has 0 saturated heterocycles. The minimum atomic E-state index is -0.0307. The second-order valence-corrected chi connectivity index (χ2v) is 4.93. The molecule has 0 fully saturated rings. The van der Waals surface area contributed by atoms with Crippen molar-refractivity contribution >= 4 is 11.7 Å². The fourth-order valence-electron chi connectivity index (χ4n) is 1.97. The molecule has 0 atom stereocenters. The van der Waals surface area contributed by atoms with Crippen molar-refractivity contribution in [1.82, 2.24) is 14.9 Å². The summed E-state index contributed by atoms with van der Waals surface area (Å²) in [7, 11) is 1.80. The smallest absolute Gasteiger partial charge is 0.255 e. The minimum Gasteiger partial charge on any atom is -0.367 e. The summed E-state index contributed by atoms with van der Waals surface area (Å²) >= 11 is 0. The molecular formula is C17H20N4O. The number of hydrogen-bond donors (Lipinski definition) is 1. The summed E-state index contributed by atoms with van der Waals surface area (Å²) in [6.07, 6.45) is 7.67. The SMILES string of the molecule is C=CCNc1ccc(C(=O)N(C)CCc2ccncc2)cn1. The van der Waals surface area contributed by atoms with Gasteiger partial charge in [-0.2, -0.15) is 0 Å². The molecule has 2 rings (SSSR count). The Hall–Kier alpha value is -2.69. The number of hydrogen-bond acceptors (Lipinski definition) is 4. The highest BCUT2D eigenvalue weighted by Gasteiger charge is 2.11. The standard InChI is InChI=1S/C17H20N4O/c1-3-9-19-16-5-4-15(13-20-16)17(22)21(2)12-8-14-6-10-18-11-7-14/h3-7,10-11,13H,1,8-9,12H2,2H3,(H,19,20). The predicted molar refractivity (Wildman–Crippen MR) is 87.8 cm³/mol. The fourth-order valence-corrected chi connectivity index (χ4v) is 1.97. The fraction of sp³-hybridized carbons (Fsp3) is 0.235. The number of nitrogens with one attached hydrogen (secondary N) is 1. The second-order valence-electron chi connectivity index (χ2n) is 4.93. The first-order valence-electron chi connectivity index (χ1n) is 7.16. The largest absolute Gasteiger partial charge is 0.367 e. The van der Waals surface area contributed by atoms with Crippen LogP contribution in [0.4, 0.5) is 5.82 Å². The number of carbonyl (C=O) groups excluding carboxylic acids is 1. The molecule has 5 heteroatoms. The maximum absolute atomic E-state index is 12.3. The van der Waals surface area contributed by atoms with Crippen LogP contribution in [0, 0.1) is 0 Å². The highest BCUT2D eigenvalue weighted by molar-refractivity contribution is 5.93. The third-order valence-electron chi connectivity index (χ3n) is 3.27. The van der Waals surface area contributed by atoms with Gasteiger partial charge in [0, 0.05) is 38.7 Å². The van der Waals surface area contributed by atoms with Gasteiger partial charge in [0.05, 0.1) is 5.56 Å². The highest BCUT2D eigenvalue weighted by Crippen LogP contribution is 2.08. The van der Waals surface area contributed by atoms with Gasteiger partial charge in [0.1, 0.15) is 5.82 Å². The Morgan fingerprint density at radius 2 is 2.09 bits per heavy atom. The number of pyridine rings is 2. The van der Waals surface area contributed by atoms with Crippen molar-refractivity contribution in [3.63, 3.8) is 0 Å². The van der Waals surface area contributed by atoms with Gasteiger partial charge in [-0.15, -0.1) is 6.58 Å². The van der Waals surface area contributed by atoms with Gasteiger partial charge < -0.3 is 10.2 Å². The number of rotatable bonds is 7. The second kappa shape index (κ2) is 7.93. The third-order valence-corrected chi connectivity index (χ3v) is 3.27. The van der Waals surface area contributed by atoms with Crippen LogP contribution in [-0.2, 0) is 6.42 Å². The molecule has 0 aliphatic rings. The molecule has 1 N–H and O–H groups in total. The van der Waals surface area contributed by atoms with Crippen LogP contribution < -0.4 is 5.32 Å². The van der Waals surface area contributed by atoms with Crippen LogP contribution in [0.25, 0.3) is 0 Å². The van der Waals surface area contributed by atoms with E-state index in [1.165, 1.54) is 0 Å². The van der Waals surface area contributed by atoms with E-state index in [4.69, 9.17) is 0 Å². The molecule has 0 radical (unpaired) electrons. The van der Waals surface area contributed by atoms with E-state index in [2.05, 4.69) is 21.9 Å². The lowest BCUT2D eigenvalue weighted by Gasteiger charge is -2.17. The first-order valence-corrected chi connectivity index (χ1v) is 7.16. The maximum Gasteiger partial charge on any atom is 0.255 e. The molecular weight excluding hydrogens is 276 g/mol. The zero-order valence-corrected chi connectivity index (χ0v) is 12.7. The highest BCUT2D eigenvalue weighted by atomic mass is 16.2.